The Morgan fingerprint density at radius 2 is 2.00 bits per heavy atom. The molecule has 3 amide bonds. The molecule has 0 aromatic rings. The Bertz CT molecular complexity index is 299. The molecule has 2 heterocycles. The van der Waals surface area contributed by atoms with Gasteiger partial charge in [0, 0.05) is 26.2 Å². The molecule has 0 aromatic heterocycles. The second kappa shape index (κ2) is 4.36. The first-order valence-corrected chi connectivity index (χ1v) is 5.24. The summed E-state index contributed by atoms with van der Waals surface area (Å²) in [6.45, 7) is 1.46. The van der Waals surface area contributed by atoms with E-state index >= 15 is 0 Å². The molecule has 2 unspecified atom stereocenters. The SMILES string of the molecule is O=C(CN1CC(O)C(O)C1)N1CCNC1=O. The minimum Gasteiger partial charge on any atom is -0.389 e. The number of rotatable bonds is 2. The molecular formula is C9H15N3O4. The molecule has 0 bridgehead atoms. The van der Waals surface area contributed by atoms with Crippen LogP contribution in [0.3, 0.4) is 0 Å². The minimum atomic E-state index is -0.805. The lowest BCUT2D eigenvalue weighted by Gasteiger charge is -2.18. The molecule has 0 aliphatic carbocycles. The number of urea groups is 1. The molecule has 2 atom stereocenters. The Kier molecular flexibility index (Phi) is 3.08. The number of amides is 3. The number of imide groups is 1. The van der Waals surface area contributed by atoms with Gasteiger partial charge in [0.2, 0.25) is 5.91 Å². The Hall–Kier alpha value is -1.18. The molecule has 2 aliphatic heterocycles. The number of hydrogen-bond donors (Lipinski definition) is 3. The zero-order valence-electron chi connectivity index (χ0n) is 8.80. The maximum Gasteiger partial charge on any atom is 0.324 e. The molecule has 2 aliphatic rings. The Morgan fingerprint density at radius 3 is 2.50 bits per heavy atom. The molecule has 0 spiro atoms. The van der Waals surface area contributed by atoms with Gasteiger partial charge in [0.1, 0.15) is 0 Å². The van der Waals surface area contributed by atoms with Gasteiger partial charge in [0.25, 0.3) is 0 Å². The van der Waals surface area contributed by atoms with Crippen molar-refractivity contribution >= 4 is 11.9 Å². The van der Waals surface area contributed by atoms with Crippen molar-refractivity contribution in [3.05, 3.63) is 0 Å². The molecular weight excluding hydrogens is 214 g/mol. The second-order valence-corrected chi connectivity index (χ2v) is 4.11. The Morgan fingerprint density at radius 1 is 1.38 bits per heavy atom. The summed E-state index contributed by atoms with van der Waals surface area (Å²) < 4.78 is 0. The zero-order valence-corrected chi connectivity index (χ0v) is 8.80. The van der Waals surface area contributed by atoms with Crippen LogP contribution in [0.2, 0.25) is 0 Å². The topological polar surface area (TPSA) is 93.1 Å². The van der Waals surface area contributed by atoms with Crippen molar-refractivity contribution in [2.45, 2.75) is 12.2 Å². The Balaban J connectivity index is 1.86. The number of aliphatic hydroxyl groups is 2. The molecule has 3 N–H and O–H groups in total. The van der Waals surface area contributed by atoms with E-state index in [0.29, 0.717) is 13.1 Å². The van der Waals surface area contributed by atoms with Crippen molar-refractivity contribution in [2.75, 3.05) is 32.7 Å². The molecule has 2 fully saturated rings. The molecule has 0 saturated carbocycles. The summed E-state index contributed by atoms with van der Waals surface area (Å²) in [6, 6.07) is -0.370. The van der Waals surface area contributed by atoms with Gasteiger partial charge in [-0.05, 0) is 0 Å². The number of carbonyl (C=O) groups excluding carboxylic acids is 2. The van der Waals surface area contributed by atoms with Crippen molar-refractivity contribution in [1.82, 2.24) is 15.1 Å². The van der Waals surface area contributed by atoms with Crippen LogP contribution in [0.4, 0.5) is 4.79 Å². The van der Waals surface area contributed by atoms with Gasteiger partial charge in [-0.3, -0.25) is 14.6 Å². The molecule has 0 aromatic carbocycles. The molecule has 2 saturated heterocycles. The van der Waals surface area contributed by atoms with Crippen LogP contribution in [0.1, 0.15) is 0 Å². The average molecular weight is 229 g/mol. The first-order chi connectivity index (χ1) is 7.58. The smallest absolute Gasteiger partial charge is 0.324 e. The highest BCUT2D eigenvalue weighted by atomic mass is 16.3. The monoisotopic (exact) mass is 229 g/mol. The summed E-state index contributed by atoms with van der Waals surface area (Å²) in [5, 5.41) is 21.1. The maximum absolute atomic E-state index is 11.7. The number of β-amino-alcohol motifs (C(OH)–C–C–N with tert-alkyl or cyclic N) is 2. The van der Waals surface area contributed by atoms with Crippen LogP contribution in [0.15, 0.2) is 0 Å². The summed E-state index contributed by atoms with van der Waals surface area (Å²) in [5.74, 6) is -0.295. The van der Waals surface area contributed by atoms with Crippen molar-refractivity contribution in [2.24, 2.45) is 0 Å². The molecule has 7 nitrogen and oxygen atoms in total. The van der Waals surface area contributed by atoms with Gasteiger partial charge < -0.3 is 15.5 Å². The predicted molar refractivity (Wildman–Crippen MR) is 53.6 cm³/mol. The number of nitrogens with one attached hydrogen (secondary N) is 1. The minimum absolute atomic E-state index is 0.0571. The van der Waals surface area contributed by atoms with Gasteiger partial charge in [-0.25, -0.2) is 4.79 Å². The number of carbonyl (C=O) groups is 2. The van der Waals surface area contributed by atoms with Crippen LogP contribution in [-0.4, -0.2) is 76.9 Å². The zero-order chi connectivity index (χ0) is 11.7. The molecule has 0 radical (unpaired) electrons. The normalized spacial score (nSPS) is 30.9. The van der Waals surface area contributed by atoms with E-state index < -0.39 is 12.2 Å². The third-order valence-corrected chi connectivity index (χ3v) is 2.85. The molecule has 7 heteroatoms. The highest BCUT2D eigenvalue weighted by molar-refractivity contribution is 5.96. The van der Waals surface area contributed by atoms with Crippen LogP contribution in [-0.2, 0) is 4.79 Å². The van der Waals surface area contributed by atoms with Crippen LogP contribution >= 0.6 is 0 Å². The third kappa shape index (κ3) is 2.16. The average Bonchev–Trinajstić information content (AvgIpc) is 2.74. The summed E-state index contributed by atoms with van der Waals surface area (Å²) in [7, 11) is 0. The van der Waals surface area contributed by atoms with Gasteiger partial charge in [-0.1, -0.05) is 0 Å². The van der Waals surface area contributed by atoms with E-state index in [0.717, 1.165) is 4.90 Å². The fourth-order valence-corrected chi connectivity index (χ4v) is 1.96. The highest BCUT2D eigenvalue weighted by Crippen LogP contribution is 2.10. The summed E-state index contributed by atoms with van der Waals surface area (Å²) in [4.78, 5) is 25.7. The van der Waals surface area contributed by atoms with Crippen molar-refractivity contribution < 1.29 is 19.8 Å². The van der Waals surface area contributed by atoms with E-state index in [4.69, 9.17) is 0 Å². The van der Waals surface area contributed by atoms with E-state index in [1.807, 2.05) is 0 Å². The van der Waals surface area contributed by atoms with Gasteiger partial charge in [0.15, 0.2) is 0 Å². The van der Waals surface area contributed by atoms with Crippen LogP contribution in [0, 0.1) is 0 Å². The van der Waals surface area contributed by atoms with Gasteiger partial charge >= 0.3 is 6.03 Å². The summed E-state index contributed by atoms with van der Waals surface area (Å²) in [6.07, 6.45) is -1.61. The van der Waals surface area contributed by atoms with Gasteiger partial charge in [-0.2, -0.15) is 0 Å². The summed E-state index contributed by atoms with van der Waals surface area (Å²) >= 11 is 0. The second-order valence-electron chi connectivity index (χ2n) is 4.11. The largest absolute Gasteiger partial charge is 0.389 e. The third-order valence-electron chi connectivity index (χ3n) is 2.85. The molecule has 2 rings (SSSR count). The van der Waals surface area contributed by atoms with Gasteiger partial charge in [-0.15, -0.1) is 0 Å². The summed E-state index contributed by atoms with van der Waals surface area (Å²) in [5.41, 5.74) is 0. The van der Waals surface area contributed by atoms with Gasteiger partial charge in [0.05, 0.1) is 18.8 Å². The number of hydrogen-bond acceptors (Lipinski definition) is 5. The first kappa shape index (κ1) is 11.3. The fraction of sp³-hybridized carbons (Fsp3) is 0.778. The first-order valence-electron chi connectivity index (χ1n) is 5.24. The van der Waals surface area contributed by atoms with E-state index in [1.54, 1.807) is 4.90 Å². The quantitative estimate of drug-likeness (QED) is 0.490. The number of aliphatic hydroxyl groups excluding tert-OH is 2. The lowest BCUT2D eigenvalue weighted by atomic mass is 10.3. The lowest BCUT2D eigenvalue weighted by Crippen LogP contribution is -2.41. The van der Waals surface area contributed by atoms with Crippen molar-refractivity contribution in [1.29, 1.82) is 0 Å². The fourth-order valence-electron chi connectivity index (χ4n) is 1.96. The maximum atomic E-state index is 11.7. The van der Waals surface area contributed by atoms with Crippen molar-refractivity contribution in [3.8, 4) is 0 Å². The Labute approximate surface area is 92.6 Å². The predicted octanol–water partition coefficient (Wildman–Crippen LogP) is -2.42. The van der Waals surface area contributed by atoms with Crippen LogP contribution in [0.25, 0.3) is 0 Å². The highest BCUT2D eigenvalue weighted by Gasteiger charge is 2.33. The van der Waals surface area contributed by atoms with E-state index in [-0.39, 0.29) is 31.6 Å². The lowest BCUT2D eigenvalue weighted by molar-refractivity contribution is -0.128. The molecule has 90 valence electrons. The van der Waals surface area contributed by atoms with E-state index in [2.05, 4.69) is 5.32 Å². The number of nitrogens with zero attached hydrogens (tertiary/aromatic N) is 2. The standard InChI is InChI=1S/C9H15N3O4/c13-6-3-11(4-7(6)14)5-8(15)12-2-1-10-9(12)16/h6-7,13-14H,1-5H2,(H,10,16). The van der Waals surface area contributed by atoms with Crippen LogP contribution < -0.4 is 5.32 Å². The van der Waals surface area contributed by atoms with E-state index in [1.165, 1.54) is 0 Å². The van der Waals surface area contributed by atoms with Crippen molar-refractivity contribution in [3.63, 3.8) is 0 Å². The molecule has 16 heavy (non-hydrogen) atoms. The van der Waals surface area contributed by atoms with Crippen LogP contribution in [0.5, 0.6) is 0 Å². The number of likely N-dealkylation sites (tertiary alicyclic amines) is 1. The van der Waals surface area contributed by atoms with E-state index in [9.17, 15) is 19.8 Å².